The van der Waals surface area contributed by atoms with Crippen molar-refractivity contribution < 1.29 is 9.53 Å². The van der Waals surface area contributed by atoms with Crippen LogP contribution in [0.4, 0.5) is 5.69 Å². The Labute approximate surface area is 187 Å². The maximum absolute atomic E-state index is 13.0. The van der Waals surface area contributed by atoms with Gasteiger partial charge < -0.3 is 16.2 Å². The molecule has 2 aromatic rings. The number of ether oxygens (including phenoxy) is 1. The molecule has 2 aromatic carbocycles. The van der Waals surface area contributed by atoms with Gasteiger partial charge in [0.25, 0.3) is 5.90 Å². The number of nitrogens with two attached hydrogens (primary N) is 2. The molecular formula is C24H28N4O2S. The summed E-state index contributed by atoms with van der Waals surface area (Å²) in [7, 11) is 0. The lowest BCUT2D eigenvalue weighted by Gasteiger charge is -2.09. The molecule has 0 radical (unpaired) electrons. The van der Waals surface area contributed by atoms with Crippen molar-refractivity contribution in [2.24, 2.45) is 21.5 Å². The summed E-state index contributed by atoms with van der Waals surface area (Å²) < 4.78 is 5.83. The zero-order chi connectivity index (χ0) is 22.1. The van der Waals surface area contributed by atoms with Crippen molar-refractivity contribution in [3.05, 3.63) is 71.6 Å². The molecule has 1 aliphatic heterocycles. The number of unbranched alkanes of at least 4 members (excludes halogenated alkanes) is 4. The lowest BCUT2D eigenvalue weighted by molar-refractivity contribution is 0.104. The van der Waals surface area contributed by atoms with Gasteiger partial charge in [-0.3, -0.25) is 4.79 Å². The number of aliphatic imine (C=N–C) groups is 2. The molecule has 0 atom stereocenters. The molecule has 162 valence electrons. The number of thioether (sulfide) groups is 1. The number of Topliss-reactive ketones (excluding diaryl/α,β-unsaturated/α-hetero) is 1. The topological polar surface area (TPSA) is 103 Å². The first-order valence-electron chi connectivity index (χ1n) is 10.5. The van der Waals surface area contributed by atoms with E-state index < -0.39 is 0 Å². The van der Waals surface area contributed by atoms with Gasteiger partial charge in [-0.1, -0.05) is 92.9 Å². The maximum atomic E-state index is 13.0. The first-order chi connectivity index (χ1) is 15.1. The van der Waals surface area contributed by atoms with Gasteiger partial charge in [-0.25, -0.2) is 4.99 Å². The predicted molar refractivity (Wildman–Crippen MR) is 129 cm³/mol. The summed E-state index contributed by atoms with van der Waals surface area (Å²) in [5, 5.41) is 0.347. The Hall–Kier alpha value is -3.06. The number of ketones is 1. The van der Waals surface area contributed by atoms with E-state index in [0.29, 0.717) is 27.7 Å². The highest BCUT2D eigenvalue weighted by Crippen LogP contribution is 2.30. The average Bonchev–Trinajstić information content (AvgIpc) is 2.93. The number of nitrogens with zero attached hydrogens (tertiary/aromatic N) is 2. The fourth-order valence-corrected chi connectivity index (χ4v) is 3.81. The van der Waals surface area contributed by atoms with Crippen LogP contribution in [0.5, 0.6) is 0 Å². The van der Waals surface area contributed by atoms with Crippen LogP contribution in [-0.4, -0.2) is 22.6 Å². The molecule has 0 spiro atoms. The number of amidine groups is 1. The van der Waals surface area contributed by atoms with Crippen LogP contribution in [-0.2, 0) is 4.74 Å². The van der Waals surface area contributed by atoms with Gasteiger partial charge in [0.1, 0.15) is 5.70 Å². The number of carbonyl (C=O) groups excluding carboxylic acids is 1. The summed E-state index contributed by atoms with van der Waals surface area (Å²) in [6, 6.07) is 16.1. The minimum atomic E-state index is -0.347. The first kappa shape index (κ1) is 22.6. The first-order valence-corrected chi connectivity index (χ1v) is 11.5. The third kappa shape index (κ3) is 6.21. The lowest BCUT2D eigenvalue weighted by atomic mass is 10.1. The molecule has 0 aromatic heterocycles. The number of hydrogen-bond donors (Lipinski definition) is 2. The van der Waals surface area contributed by atoms with Gasteiger partial charge in [-0.15, -0.1) is 0 Å². The van der Waals surface area contributed by atoms with E-state index in [1.807, 2.05) is 24.3 Å². The summed E-state index contributed by atoms with van der Waals surface area (Å²) in [5.41, 5.74) is 14.4. The zero-order valence-electron chi connectivity index (χ0n) is 17.7. The Kier molecular flexibility index (Phi) is 8.29. The van der Waals surface area contributed by atoms with Crippen LogP contribution < -0.4 is 11.5 Å². The Balaban J connectivity index is 1.82. The highest BCUT2D eigenvalue weighted by Gasteiger charge is 2.24. The molecule has 3 rings (SSSR count). The van der Waals surface area contributed by atoms with Crippen LogP contribution in [0.3, 0.4) is 0 Å². The van der Waals surface area contributed by atoms with Gasteiger partial charge in [0.2, 0.25) is 11.7 Å². The van der Waals surface area contributed by atoms with Gasteiger partial charge in [0.15, 0.2) is 5.17 Å². The number of hydrogen-bond acceptors (Lipinski definition) is 6. The fourth-order valence-electron chi connectivity index (χ4n) is 3.10. The number of para-hydroxylation sites is 1. The fraction of sp³-hybridized carbons (Fsp3) is 0.292. The van der Waals surface area contributed by atoms with Gasteiger partial charge in [-0.2, -0.15) is 4.99 Å². The predicted octanol–water partition coefficient (Wildman–Crippen LogP) is 5.23. The molecule has 31 heavy (non-hydrogen) atoms. The molecular weight excluding hydrogens is 408 g/mol. The summed E-state index contributed by atoms with van der Waals surface area (Å²) in [4.78, 5) is 21.8. The van der Waals surface area contributed by atoms with Crippen molar-refractivity contribution in [1.82, 2.24) is 0 Å². The summed E-state index contributed by atoms with van der Waals surface area (Å²) in [6.07, 6.45) is 5.94. The molecule has 1 aliphatic rings. The van der Waals surface area contributed by atoms with Crippen molar-refractivity contribution in [2.45, 2.75) is 39.0 Å². The number of benzene rings is 2. The summed E-state index contributed by atoms with van der Waals surface area (Å²) >= 11 is 1.46. The molecule has 0 aliphatic carbocycles. The molecule has 1 heterocycles. The highest BCUT2D eigenvalue weighted by molar-refractivity contribution is 8.13. The zero-order valence-corrected chi connectivity index (χ0v) is 18.5. The Morgan fingerprint density at radius 3 is 2.52 bits per heavy atom. The van der Waals surface area contributed by atoms with Crippen LogP contribution in [0, 0.1) is 0 Å². The van der Waals surface area contributed by atoms with Crippen molar-refractivity contribution >= 4 is 40.0 Å². The molecule has 4 N–H and O–H groups in total. The van der Waals surface area contributed by atoms with Gasteiger partial charge in [0.05, 0.1) is 5.69 Å². The van der Waals surface area contributed by atoms with Gasteiger partial charge in [-0.05, 0) is 12.5 Å². The minimum absolute atomic E-state index is 0.0870. The number of rotatable bonds is 9. The van der Waals surface area contributed by atoms with E-state index in [1.54, 1.807) is 30.3 Å². The van der Waals surface area contributed by atoms with Crippen LogP contribution >= 0.6 is 11.8 Å². The third-order valence-corrected chi connectivity index (χ3v) is 5.66. The second-order valence-electron chi connectivity index (χ2n) is 7.16. The van der Waals surface area contributed by atoms with Crippen LogP contribution in [0.15, 0.2) is 70.5 Å². The van der Waals surface area contributed by atoms with E-state index in [-0.39, 0.29) is 17.6 Å². The highest BCUT2D eigenvalue weighted by atomic mass is 32.2. The maximum Gasteiger partial charge on any atom is 0.270 e. The van der Waals surface area contributed by atoms with Crippen molar-refractivity contribution in [3.8, 4) is 0 Å². The SMILES string of the molecule is CCCCCCCS/C(N)=N/C1=C(N)c2ccccc2N=C(C(=O)c2ccccc2)O1. The smallest absolute Gasteiger partial charge is 0.270 e. The number of carbonyl (C=O) groups is 1. The standard InChI is InChI=1S/C24H28N4O2S/c1-2-3-4-5-11-16-31-24(26)28-22-20(25)18-14-9-10-15-19(18)27-23(30-22)21(29)17-12-7-6-8-13-17/h6-10,12-15H,2-5,11,16,25H2,1H3,(H2,26,28). The van der Waals surface area contributed by atoms with Crippen LogP contribution in [0.2, 0.25) is 0 Å². The third-order valence-electron chi connectivity index (χ3n) is 4.78. The number of fused-ring (bicyclic) bond motifs is 1. The summed E-state index contributed by atoms with van der Waals surface area (Å²) in [5.74, 6) is 0.520. The molecule has 0 saturated carbocycles. The molecule has 6 nitrogen and oxygen atoms in total. The van der Waals surface area contributed by atoms with Crippen LogP contribution in [0.1, 0.15) is 54.9 Å². The molecule has 7 heteroatoms. The quantitative estimate of drug-likeness (QED) is 0.242. The van der Waals surface area contributed by atoms with Gasteiger partial charge >= 0.3 is 0 Å². The Bertz CT molecular complexity index is 1000. The Morgan fingerprint density at radius 1 is 1.03 bits per heavy atom. The van der Waals surface area contributed by atoms with Gasteiger partial charge in [0, 0.05) is 16.9 Å². The van der Waals surface area contributed by atoms with Crippen molar-refractivity contribution in [2.75, 3.05) is 5.75 Å². The molecule has 0 unspecified atom stereocenters. The largest absolute Gasteiger partial charge is 0.414 e. The van der Waals surface area contributed by atoms with Crippen molar-refractivity contribution in [1.29, 1.82) is 0 Å². The lowest BCUT2D eigenvalue weighted by Crippen LogP contribution is -2.19. The second-order valence-corrected chi connectivity index (χ2v) is 8.28. The molecule has 0 saturated heterocycles. The summed E-state index contributed by atoms with van der Waals surface area (Å²) in [6.45, 7) is 2.20. The Morgan fingerprint density at radius 2 is 1.74 bits per heavy atom. The minimum Gasteiger partial charge on any atom is -0.414 e. The van der Waals surface area contributed by atoms with Crippen LogP contribution in [0.25, 0.3) is 5.70 Å². The average molecular weight is 437 g/mol. The normalized spacial score (nSPS) is 13.8. The van der Waals surface area contributed by atoms with E-state index in [9.17, 15) is 4.79 Å². The second kappa shape index (κ2) is 11.4. The molecule has 0 bridgehead atoms. The van der Waals surface area contributed by atoms with E-state index in [2.05, 4.69) is 16.9 Å². The van der Waals surface area contributed by atoms with E-state index in [0.717, 1.165) is 12.2 Å². The molecule has 0 fully saturated rings. The molecule has 0 amide bonds. The van der Waals surface area contributed by atoms with E-state index >= 15 is 0 Å². The van der Waals surface area contributed by atoms with E-state index in [1.165, 1.54) is 37.4 Å². The monoisotopic (exact) mass is 436 g/mol. The van der Waals surface area contributed by atoms with Crippen molar-refractivity contribution in [3.63, 3.8) is 0 Å². The van der Waals surface area contributed by atoms with E-state index in [4.69, 9.17) is 16.2 Å².